The summed E-state index contributed by atoms with van der Waals surface area (Å²) < 4.78 is 24.2. The Kier molecular flexibility index (Phi) is 6.82. The largest absolute Gasteiger partial charge is 0.324 e. The van der Waals surface area contributed by atoms with E-state index < -0.39 is 18.9 Å². The van der Waals surface area contributed by atoms with Crippen molar-refractivity contribution in [1.29, 1.82) is 0 Å². The summed E-state index contributed by atoms with van der Waals surface area (Å²) in [5.74, 6) is 0. The molecule has 2 nitrogen and oxygen atoms in total. The van der Waals surface area contributed by atoms with Crippen molar-refractivity contribution >= 4 is 47.2 Å². The molecule has 8 heteroatoms. The third-order valence-corrected chi connectivity index (χ3v) is 2.84. The molecule has 0 aliphatic rings. The van der Waals surface area contributed by atoms with Crippen molar-refractivity contribution in [1.82, 2.24) is 4.98 Å². The van der Waals surface area contributed by atoms with Crippen molar-refractivity contribution in [3.8, 4) is 0 Å². The second-order valence-corrected chi connectivity index (χ2v) is 4.00. The van der Waals surface area contributed by atoms with E-state index in [-0.39, 0.29) is 33.2 Å². The first-order chi connectivity index (χ1) is 6.93. The number of halogens is 6. The summed E-state index contributed by atoms with van der Waals surface area (Å²) in [4.78, 5) is 3.66. The van der Waals surface area contributed by atoms with Crippen LogP contribution in [0.3, 0.4) is 0 Å². The monoisotopic (exact) mass is 310 g/mol. The summed E-state index contributed by atoms with van der Waals surface area (Å²) in [5, 5.41) is 0.163. The first-order valence-electron chi connectivity index (χ1n) is 3.96. The third-order valence-electron chi connectivity index (χ3n) is 1.77. The van der Waals surface area contributed by atoms with Gasteiger partial charge in [0, 0.05) is 24.2 Å². The molecule has 0 radical (unpaired) electrons. The fourth-order valence-corrected chi connectivity index (χ4v) is 1.88. The number of pyridine rings is 1. The highest BCUT2D eigenvalue weighted by atomic mass is 35.5. The van der Waals surface area contributed by atoms with Gasteiger partial charge in [0.2, 0.25) is 6.43 Å². The Balaban J connectivity index is 0.00000225. The number of rotatable bonds is 3. The molecule has 0 aromatic carbocycles. The molecular weight excluding hydrogens is 304 g/mol. The van der Waals surface area contributed by atoms with Crippen LogP contribution in [0.25, 0.3) is 0 Å². The van der Waals surface area contributed by atoms with E-state index in [0.717, 1.165) is 0 Å². The number of nitrogens with two attached hydrogens (primary N) is 1. The van der Waals surface area contributed by atoms with Gasteiger partial charge in [0.1, 0.15) is 5.15 Å². The SMILES string of the molecule is Cl.N[C@@H](CC(F)F)c1c(Cl)cnc(Cl)c1Cl. The van der Waals surface area contributed by atoms with E-state index in [2.05, 4.69) is 4.98 Å². The molecule has 0 fully saturated rings. The predicted molar refractivity (Wildman–Crippen MR) is 64.1 cm³/mol. The van der Waals surface area contributed by atoms with E-state index in [1.165, 1.54) is 6.20 Å². The van der Waals surface area contributed by atoms with Crippen molar-refractivity contribution < 1.29 is 8.78 Å². The summed E-state index contributed by atoms with van der Waals surface area (Å²) in [6.07, 6.45) is -1.82. The average molecular weight is 312 g/mol. The number of hydrogen-bond donors (Lipinski definition) is 1. The average Bonchev–Trinajstić information content (AvgIpc) is 2.11. The molecule has 0 saturated heterocycles. The summed E-state index contributed by atoms with van der Waals surface area (Å²) >= 11 is 17.1. The Morgan fingerprint density at radius 1 is 1.31 bits per heavy atom. The highest BCUT2D eigenvalue weighted by molar-refractivity contribution is 6.43. The molecule has 0 saturated carbocycles. The van der Waals surface area contributed by atoms with Crippen LogP contribution < -0.4 is 5.73 Å². The highest BCUT2D eigenvalue weighted by Gasteiger charge is 2.20. The zero-order valence-electron chi connectivity index (χ0n) is 7.76. The fraction of sp³-hybridized carbons (Fsp3) is 0.375. The Morgan fingerprint density at radius 2 is 1.88 bits per heavy atom. The van der Waals surface area contributed by atoms with Gasteiger partial charge in [-0.3, -0.25) is 0 Å². The van der Waals surface area contributed by atoms with Crippen LogP contribution in [0.4, 0.5) is 8.78 Å². The van der Waals surface area contributed by atoms with Gasteiger partial charge in [0.15, 0.2) is 0 Å². The summed E-state index contributed by atoms with van der Waals surface area (Å²) in [6, 6.07) is -0.953. The minimum Gasteiger partial charge on any atom is -0.324 e. The number of alkyl halides is 2. The topological polar surface area (TPSA) is 38.9 Å². The zero-order chi connectivity index (χ0) is 11.6. The summed E-state index contributed by atoms with van der Waals surface area (Å²) in [6.45, 7) is 0. The molecule has 16 heavy (non-hydrogen) atoms. The number of aromatic nitrogens is 1. The summed E-state index contributed by atoms with van der Waals surface area (Å²) in [7, 11) is 0. The third kappa shape index (κ3) is 3.86. The van der Waals surface area contributed by atoms with E-state index in [1.807, 2.05) is 0 Å². The van der Waals surface area contributed by atoms with E-state index in [0.29, 0.717) is 0 Å². The maximum absolute atomic E-state index is 12.1. The lowest BCUT2D eigenvalue weighted by Gasteiger charge is -2.15. The van der Waals surface area contributed by atoms with Gasteiger partial charge in [-0.1, -0.05) is 34.8 Å². The molecule has 1 rings (SSSR count). The van der Waals surface area contributed by atoms with Gasteiger partial charge in [-0.05, 0) is 0 Å². The van der Waals surface area contributed by atoms with E-state index in [1.54, 1.807) is 0 Å². The van der Waals surface area contributed by atoms with Gasteiger partial charge in [-0.15, -0.1) is 12.4 Å². The van der Waals surface area contributed by atoms with Crippen LogP contribution in [0.5, 0.6) is 0 Å². The number of hydrogen-bond acceptors (Lipinski definition) is 2. The van der Waals surface area contributed by atoms with Gasteiger partial charge >= 0.3 is 0 Å². The molecule has 0 unspecified atom stereocenters. The first kappa shape index (κ1) is 16.1. The zero-order valence-corrected chi connectivity index (χ0v) is 10.8. The molecule has 1 aromatic heterocycles. The molecule has 2 N–H and O–H groups in total. The van der Waals surface area contributed by atoms with Gasteiger partial charge in [-0.25, -0.2) is 13.8 Å². The second kappa shape index (κ2) is 6.77. The van der Waals surface area contributed by atoms with E-state index in [9.17, 15) is 8.78 Å². The van der Waals surface area contributed by atoms with E-state index in [4.69, 9.17) is 40.5 Å². The standard InChI is InChI=1S/C8H7Cl3F2N2.ClH/c9-3-2-15-8(11)7(10)6(3)4(14)1-5(12)13;/h2,4-5H,1,14H2;1H/t4-;/m0./s1. The van der Waals surface area contributed by atoms with Crippen LogP contribution in [0, 0.1) is 0 Å². The van der Waals surface area contributed by atoms with Crippen molar-refractivity contribution in [2.75, 3.05) is 0 Å². The summed E-state index contributed by atoms with van der Waals surface area (Å²) in [5.41, 5.74) is 5.74. The molecule has 0 aliphatic heterocycles. The molecule has 92 valence electrons. The van der Waals surface area contributed by atoms with Crippen molar-refractivity contribution in [3.63, 3.8) is 0 Å². The van der Waals surface area contributed by atoms with Crippen LogP contribution in [0.2, 0.25) is 15.2 Å². The highest BCUT2D eigenvalue weighted by Crippen LogP contribution is 2.34. The van der Waals surface area contributed by atoms with Crippen LogP contribution in [0.1, 0.15) is 18.0 Å². The van der Waals surface area contributed by atoms with Gasteiger partial charge in [-0.2, -0.15) is 0 Å². The minimum atomic E-state index is -2.53. The van der Waals surface area contributed by atoms with Gasteiger partial charge in [0.05, 0.1) is 10.0 Å². The molecular formula is C8H8Cl4F2N2. The molecule has 0 aliphatic carbocycles. The van der Waals surface area contributed by atoms with Crippen LogP contribution in [-0.4, -0.2) is 11.4 Å². The Hall–Kier alpha value is 0.130. The molecule has 0 amide bonds. The van der Waals surface area contributed by atoms with Crippen molar-refractivity contribution in [2.24, 2.45) is 5.73 Å². The van der Waals surface area contributed by atoms with Crippen molar-refractivity contribution in [2.45, 2.75) is 18.9 Å². The fourth-order valence-electron chi connectivity index (χ4n) is 1.11. The normalized spacial score (nSPS) is 12.4. The Labute approximate surface area is 112 Å². The predicted octanol–water partition coefficient (Wildman–Crippen LogP) is 4.12. The quantitative estimate of drug-likeness (QED) is 0.853. The van der Waals surface area contributed by atoms with Crippen LogP contribution in [-0.2, 0) is 0 Å². The lowest BCUT2D eigenvalue weighted by atomic mass is 10.1. The van der Waals surface area contributed by atoms with Crippen LogP contribution >= 0.6 is 47.2 Å². The number of nitrogens with zero attached hydrogens (tertiary/aromatic N) is 1. The molecule has 0 bridgehead atoms. The smallest absolute Gasteiger partial charge is 0.240 e. The lowest BCUT2D eigenvalue weighted by Crippen LogP contribution is -2.15. The van der Waals surface area contributed by atoms with Crippen LogP contribution in [0.15, 0.2) is 6.20 Å². The van der Waals surface area contributed by atoms with Crippen molar-refractivity contribution in [3.05, 3.63) is 27.0 Å². The molecule has 1 atom stereocenters. The Bertz CT molecular complexity index is 362. The second-order valence-electron chi connectivity index (χ2n) is 2.86. The molecule has 1 aromatic rings. The Morgan fingerprint density at radius 3 is 2.38 bits per heavy atom. The molecule has 0 spiro atoms. The lowest BCUT2D eigenvalue weighted by molar-refractivity contribution is 0.128. The van der Waals surface area contributed by atoms with Gasteiger partial charge in [0.25, 0.3) is 0 Å². The maximum atomic E-state index is 12.1. The first-order valence-corrected chi connectivity index (χ1v) is 5.10. The minimum absolute atomic E-state index is 0. The molecule has 1 heterocycles. The van der Waals surface area contributed by atoms with Gasteiger partial charge < -0.3 is 5.73 Å². The maximum Gasteiger partial charge on any atom is 0.240 e. The van der Waals surface area contributed by atoms with E-state index >= 15 is 0 Å².